The Morgan fingerprint density at radius 1 is 0.950 bits per heavy atom. The maximum absolute atomic E-state index is 13.6. The van der Waals surface area contributed by atoms with E-state index in [4.69, 9.17) is 16.3 Å². The summed E-state index contributed by atoms with van der Waals surface area (Å²) < 4.78 is 32.4. The second-order valence-corrected chi connectivity index (χ2v) is 4.73. The third-order valence-corrected chi connectivity index (χ3v) is 3.22. The van der Waals surface area contributed by atoms with Gasteiger partial charge >= 0.3 is 0 Å². The molecule has 2 rings (SSSR count). The van der Waals surface area contributed by atoms with Crippen molar-refractivity contribution >= 4 is 11.6 Å². The van der Waals surface area contributed by atoms with Gasteiger partial charge in [0.25, 0.3) is 0 Å². The van der Waals surface area contributed by atoms with E-state index in [0.717, 1.165) is 6.42 Å². The predicted octanol–water partition coefficient (Wildman–Crippen LogP) is 4.72. The van der Waals surface area contributed by atoms with Crippen LogP contribution in [0.2, 0.25) is 0 Å². The van der Waals surface area contributed by atoms with Crippen LogP contribution in [0.25, 0.3) is 0 Å². The fourth-order valence-corrected chi connectivity index (χ4v) is 2.08. The SMILES string of the molecule is Fc1cc(CCl)cc(F)c1OCCCc1ccccc1. The number of halogens is 3. The van der Waals surface area contributed by atoms with Crippen LogP contribution < -0.4 is 4.74 Å². The molecule has 1 nitrogen and oxygen atoms in total. The molecular weight excluding hydrogens is 282 g/mol. The highest BCUT2D eigenvalue weighted by Crippen LogP contribution is 2.24. The first-order valence-electron chi connectivity index (χ1n) is 6.41. The number of ether oxygens (including phenoxy) is 1. The Hall–Kier alpha value is -1.61. The molecule has 0 aliphatic rings. The van der Waals surface area contributed by atoms with Crippen molar-refractivity contribution in [2.75, 3.05) is 6.61 Å². The summed E-state index contributed by atoms with van der Waals surface area (Å²) in [5.41, 5.74) is 1.58. The summed E-state index contributed by atoms with van der Waals surface area (Å²) in [6.07, 6.45) is 1.50. The molecule has 0 bridgehead atoms. The quantitative estimate of drug-likeness (QED) is 0.554. The van der Waals surface area contributed by atoms with Gasteiger partial charge in [-0.15, -0.1) is 11.6 Å². The highest BCUT2D eigenvalue weighted by molar-refractivity contribution is 6.17. The lowest BCUT2D eigenvalue weighted by atomic mass is 10.1. The standard InChI is InChI=1S/C16H15ClF2O/c17-11-13-9-14(18)16(15(19)10-13)20-8-4-7-12-5-2-1-3-6-12/h1-3,5-6,9-10H,4,7-8,11H2. The van der Waals surface area contributed by atoms with E-state index in [1.807, 2.05) is 30.3 Å². The smallest absolute Gasteiger partial charge is 0.190 e. The number of alkyl halides is 1. The predicted molar refractivity (Wildman–Crippen MR) is 76.2 cm³/mol. The monoisotopic (exact) mass is 296 g/mol. The van der Waals surface area contributed by atoms with Gasteiger partial charge in [0, 0.05) is 5.88 Å². The van der Waals surface area contributed by atoms with E-state index in [9.17, 15) is 8.78 Å². The molecule has 0 aliphatic heterocycles. The molecule has 20 heavy (non-hydrogen) atoms. The van der Waals surface area contributed by atoms with E-state index in [0.29, 0.717) is 12.0 Å². The minimum Gasteiger partial charge on any atom is -0.488 e. The summed E-state index contributed by atoms with van der Waals surface area (Å²) in [6, 6.07) is 12.3. The Kier molecular flexibility index (Phi) is 5.36. The Morgan fingerprint density at radius 2 is 1.60 bits per heavy atom. The minimum absolute atomic E-state index is 0.0716. The van der Waals surface area contributed by atoms with Crippen LogP contribution >= 0.6 is 11.6 Å². The maximum atomic E-state index is 13.6. The zero-order valence-corrected chi connectivity index (χ0v) is 11.7. The largest absolute Gasteiger partial charge is 0.488 e. The van der Waals surface area contributed by atoms with Crippen molar-refractivity contribution in [3.8, 4) is 5.75 Å². The second kappa shape index (κ2) is 7.25. The molecule has 0 aromatic heterocycles. The van der Waals surface area contributed by atoms with E-state index < -0.39 is 11.6 Å². The normalized spacial score (nSPS) is 10.6. The lowest BCUT2D eigenvalue weighted by Gasteiger charge is -2.09. The molecule has 0 radical (unpaired) electrons. The number of benzene rings is 2. The third-order valence-electron chi connectivity index (χ3n) is 2.91. The summed E-state index contributed by atoms with van der Waals surface area (Å²) in [7, 11) is 0. The van der Waals surface area contributed by atoms with Gasteiger partial charge in [0.15, 0.2) is 17.4 Å². The third kappa shape index (κ3) is 3.94. The number of aryl methyl sites for hydroxylation is 1. The topological polar surface area (TPSA) is 9.23 Å². The average Bonchev–Trinajstić information content (AvgIpc) is 2.46. The van der Waals surface area contributed by atoms with Crippen molar-refractivity contribution in [2.24, 2.45) is 0 Å². The first kappa shape index (κ1) is 14.8. The molecular formula is C16H15ClF2O. The summed E-state index contributed by atoms with van der Waals surface area (Å²) in [5, 5.41) is 0. The van der Waals surface area contributed by atoms with Gasteiger partial charge < -0.3 is 4.74 Å². The second-order valence-electron chi connectivity index (χ2n) is 4.46. The van der Waals surface area contributed by atoms with Crippen LogP contribution in [-0.2, 0) is 12.3 Å². The van der Waals surface area contributed by atoms with Crippen molar-refractivity contribution < 1.29 is 13.5 Å². The molecule has 0 amide bonds. The Bertz CT molecular complexity index is 535. The highest BCUT2D eigenvalue weighted by atomic mass is 35.5. The summed E-state index contributed by atoms with van der Waals surface area (Å²) in [5.74, 6) is -1.67. The van der Waals surface area contributed by atoms with Gasteiger partial charge in [-0.1, -0.05) is 30.3 Å². The van der Waals surface area contributed by atoms with Gasteiger partial charge in [0.1, 0.15) is 0 Å². The molecule has 106 valence electrons. The van der Waals surface area contributed by atoms with Crippen molar-refractivity contribution in [3.63, 3.8) is 0 Å². The van der Waals surface area contributed by atoms with Crippen LogP contribution in [0, 0.1) is 11.6 Å². The molecule has 0 heterocycles. The molecule has 0 unspecified atom stereocenters. The number of hydrogen-bond donors (Lipinski definition) is 0. The Labute approximate surface area is 122 Å². The van der Waals surface area contributed by atoms with Gasteiger partial charge in [-0.25, -0.2) is 8.78 Å². The van der Waals surface area contributed by atoms with Crippen molar-refractivity contribution in [3.05, 3.63) is 65.2 Å². The Morgan fingerprint density at radius 3 is 2.20 bits per heavy atom. The maximum Gasteiger partial charge on any atom is 0.190 e. The van der Waals surface area contributed by atoms with Crippen LogP contribution in [0.15, 0.2) is 42.5 Å². The molecule has 2 aromatic carbocycles. The van der Waals surface area contributed by atoms with Crippen LogP contribution in [0.5, 0.6) is 5.75 Å². The molecule has 2 aromatic rings. The van der Waals surface area contributed by atoms with Gasteiger partial charge in [0.05, 0.1) is 6.61 Å². The molecule has 0 spiro atoms. The summed E-state index contributed by atoms with van der Waals surface area (Å²) >= 11 is 5.54. The Balaban J connectivity index is 1.88. The van der Waals surface area contributed by atoms with E-state index in [-0.39, 0.29) is 18.2 Å². The lowest BCUT2D eigenvalue weighted by Crippen LogP contribution is -2.03. The van der Waals surface area contributed by atoms with E-state index in [1.165, 1.54) is 17.7 Å². The van der Waals surface area contributed by atoms with Gasteiger partial charge in [-0.2, -0.15) is 0 Å². The first-order valence-corrected chi connectivity index (χ1v) is 6.95. The van der Waals surface area contributed by atoms with Crippen LogP contribution in [-0.4, -0.2) is 6.61 Å². The van der Waals surface area contributed by atoms with Crippen molar-refractivity contribution in [2.45, 2.75) is 18.7 Å². The molecule has 0 saturated heterocycles. The molecule has 0 fully saturated rings. The zero-order chi connectivity index (χ0) is 14.4. The van der Waals surface area contributed by atoms with Gasteiger partial charge in [-0.05, 0) is 36.1 Å². The molecule has 0 aliphatic carbocycles. The molecule has 0 atom stereocenters. The van der Waals surface area contributed by atoms with Crippen LogP contribution in [0.1, 0.15) is 17.5 Å². The molecule has 0 N–H and O–H groups in total. The van der Waals surface area contributed by atoms with E-state index in [1.54, 1.807) is 0 Å². The van der Waals surface area contributed by atoms with Crippen molar-refractivity contribution in [1.82, 2.24) is 0 Å². The average molecular weight is 297 g/mol. The lowest BCUT2D eigenvalue weighted by molar-refractivity contribution is 0.279. The molecule has 0 saturated carbocycles. The number of hydrogen-bond acceptors (Lipinski definition) is 1. The first-order chi connectivity index (χ1) is 9.70. The molecule has 4 heteroatoms. The van der Waals surface area contributed by atoms with Crippen molar-refractivity contribution in [1.29, 1.82) is 0 Å². The van der Waals surface area contributed by atoms with Crippen LogP contribution in [0.3, 0.4) is 0 Å². The van der Waals surface area contributed by atoms with E-state index >= 15 is 0 Å². The van der Waals surface area contributed by atoms with Gasteiger partial charge in [-0.3, -0.25) is 0 Å². The minimum atomic E-state index is -0.708. The fraction of sp³-hybridized carbons (Fsp3) is 0.250. The summed E-state index contributed by atoms with van der Waals surface area (Å²) in [6.45, 7) is 0.267. The van der Waals surface area contributed by atoms with E-state index in [2.05, 4.69) is 0 Å². The van der Waals surface area contributed by atoms with Gasteiger partial charge in [0.2, 0.25) is 0 Å². The number of rotatable bonds is 6. The highest BCUT2D eigenvalue weighted by Gasteiger charge is 2.12. The summed E-state index contributed by atoms with van der Waals surface area (Å²) in [4.78, 5) is 0. The zero-order valence-electron chi connectivity index (χ0n) is 10.9. The fourth-order valence-electron chi connectivity index (χ4n) is 1.92. The van der Waals surface area contributed by atoms with Crippen LogP contribution in [0.4, 0.5) is 8.78 Å².